The summed E-state index contributed by atoms with van der Waals surface area (Å²) >= 11 is 5.62. The Morgan fingerprint density at radius 1 is 1.31 bits per heavy atom. The van der Waals surface area contributed by atoms with E-state index in [2.05, 4.69) is 15.3 Å². The zero-order valence-corrected chi connectivity index (χ0v) is 9.71. The van der Waals surface area contributed by atoms with Gasteiger partial charge in [-0.15, -0.1) is 16.7 Å². The van der Waals surface area contributed by atoms with Gasteiger partial charge < -0.3 is 4.57 Å². The van der Waals surface area contributed by atoms with Crippen LogP contribution in [0.4, 0.5) is 0 Å². The highest BCUT2D eigenvalue weighted by Gasteiger charge is 2.00. The van der Waals surface area contributed by atoms with Gasteiger partial charge in [0.25, 0.3) is 0 Å². The molecule has 0 N–H and O–H groups in total. The van der Waals surface area contributed by atoms with Gasteiger partial charge >= 0.3 is 0 Å². The zero-order valence-electron chi connectivity index (χ0n) is 8.96. The maximum absolute atomic E-state index is 5.62. The van der Waals surface area contributed by atoms with Crippen LogP contribution in [-0.2, 0) is 19.5 Å². The van der Waals surface area contributed by atoms with Crippen molar-refractivity contribution in [3.8, 4) is 0 Å². The van der Waals surface area contributed by atoms with Gasteiger partial charge in [0, 0.05) is 31.0 Å². The van der Waals surface area contributed by atoms with Crippen LogP contribution in [0.1, 0.15) is 12.1 Å². The molecule has 2 aromatic heterocycles. The summed E-state index contributed by atoms with van der Waals surface area (Å²) in [7, 11) is 0. The summed E-state index contributed by atoms with van der Waals surface area (Å²) in [6, 6.07) is 0. The van der Waals surface area contributed by atoms with Gasteiger partial charge in [0.05, 0.1) is 18.6 Å². The minimum Gasteiger partial charge on any atom is -0.336 e. The van der Waals surface area contributed by atoms with Gasteiger partial charge in [-0.3, -0.25) is 4.68 Å². The van der Waals surface area contributed by atoms with Crippen molar-refractivity contribution in [1.82, 2.24) is 24.5 Å². The molecular formula is C10H14ClN5. The molecule has 2 rings (SSSR count). The monoisotopic (exact) mass is 239 g/mol. The number of imidazole rings is 1. The second-order valence-corrected chi connectivity index (χ2v) is 3.94. The highest BCUT2D eigenvalue weighted by atomic mass is 35.5. The molecule has 0 aliphatic carbocycles. The van der Waals surface area contributed by atoms with E-state index in [1.807, 2.05) is 21.6 Å². The maximum atomic E-state index is 5.62. The van der Waals surface area contributed by atoms with Gasteiger partial charge in [0.15, 0.2) is 0 Å². The third-order valence-electron chi connectivity index (χ3n) is 2.30. The fourth-order valence-electron chi connectivity index (χ4n) is 1.45. The lowest BCUT2D eigenvalue weighted by molar-refractivity contribution is 0.519. The Kier molecular flexibility index (Phi) is 3.93. The molecule has 0 aromatic carbocycles. The predicted octanol–water partition coefficient (Wildman–Crippen LogP) is 1.35. The molecule has 0 bridgehead atoms. The molecule has 5 nitrogen and oxygen atoms in total. The first-order valence-electron chi connectivity index (χ1n) is 5.29. The van der Waals surface area contributed by atoms with Crippen molar-refractivity contribution in [3.63, 3.8) is 0 Å². The largest absolute Gasteiger partial charge is 0.336 e. The molecule has 16 heavy (non-hydrogen) atoms. The number of rotatable bonds is 6. The zero-order chi connectivity index (χ0) is 11.2. The quantitative estimate of drug-likeness (QED) is 0.715. The molecule has 6 heteroatoms. The van der Waals surface area contributed by atoms with E-state index >= 15 is 0 Å². The predicted molar refractivity (Wildman–Crippen MR) is 61.3 cm³/mol. The summed E-state index contributed by atoms with van der Waals surface area (Å²) in [4.78, 5) is 3.98. The molecule has 0 radical (unpaired) electrons. The van der Waals surface area contributed by atoms with Crippen LogP contribution in [0.15, 0.2) is 24.9 Å². The third kappa shape index (κ3) is 3.06. The van der Waals surface area contributed by atoms with Crippen molar-refractivity contribution in [2.24, 2.45) is 0 Å². The van der Waals surface area contributed by atoms with Crippen molar-refractivity contribution in [2.45, 2.75) is 25.9 Å². The van der Waals surface area contributed by atoms with Gasteiger partial charge in [0.1, 0.15) is 0 Å². The second kappa shape index (κ2) is 5.65. The van der Waals surface area contributed by atoms with Crippen LogP contribution in [0.25, 0.3) is 0 Å². The number of aromatic nitrogens is 5. The van der Waals surface area contributed by atoms with E-state index in [-0.39, 0.29) is 0 Å². The highest BCUT2D eigenvalue weighted by molar-refractivity contribution is 6.17. The van der Waals surface area contributed by atoms with Crippen LogP contribution >= 0.6 is 11.6 Å². The Morgan fingerprint density at radius 2 is 2.25 bits per heavy atom. The molecule has 0 aliphatic rings. The molecule has 0 atom stereocenters. The summed E-state index contributed by atoms with van der Waals surface area (Å²) < 4.78 is 3.86. The molecule has 86 valence electrons. The first kappa shape index (κ1) is 11.1. The van der Waals surface area contributed by atoms with Gasteiger partial charge in [0.2, 0.25) is 0 Å². The molecule has 0 saturated carbocycles. The fourth-order valence-corrected chi connectivity index (χ4v) is 1.58. The van der Waals surface area contributed by atoms with Crippen LogP contribution in [0, 0.1) is 0 Å². The van der Waals surface area contributed by atoms with E-state index in [9.17, 15) is 0 Å². The Labute approximate surface area is 99.1 Å². The summed E-state index contributed by atoms with van der Waals surface area (Å²) in [5.41, 5.74) is 1.01. The Balaban J connectivity index is 1.83. The van der Waals surface area contributed by atoms with Crippen LogP contribution < -0.4 is 0 Å². The molecule has 0 aliphatic heterocycles. The van der Waals surface area contributed by atoms with Crippen molar-refractivity contribution < 1.29 is 0 Å². The molecule has 0 unspecified atom stereocenters. The number of alkyl halides is 1. The van der Waals surface area contributed by atoms with Crippen molar-refractivity contribution in [3.05, 3.63) is 30.6 Å². The first-order chi connectivity index (χ1) is 7.88. The van der Waals surface area contributed by atoms with Crippen LogP contribution in [0.5, 0.6) is 0 Å². The average Bonchev–Trinajstić information content (AvgIpc) is 2.95. The van der Waals surface area contributed by atoms with Crippen molar-refractivity contribution in [2.75, 3.05) is 5.88 Å². The summed E-state index contributed by atoms with van der Waals surface area (Å²) in [5.74, 6) is 0.669. The minimum atomic E-state index is 0.669. The smallest absolute Gasteiger partial charge is 0.0946 e. The molecule has 0 fully saturated rings. The fraction of sp³-hybridized carbons (Fsp3) is 0.500. The van der Waals surface area contributed by atoms with E-state index in [0.717, 1.165) is 31.6 Å². The number of hydrogen-bond acceptors (Lipinski definition) is 3. The van der Waals surface area contributed by atoms with Crippen molar-refractivity contribution in [1.29, 1.82) is 0 Å². The lowest BCUT2D eigenvalue weighted by Crippen LogP contribution is -2.06. The van der Waals surface area contributed by atoms with Gasteiger partial charge in [-0.25, -0.2) is 4.98 Å². The first-order valence-corrected chi connectivity index (χ1v) is 5.82. The van der Waals surface area contributed by atoms with Crippen LogP contribution in [0.3, 0.4) is 0 Å². The molecule has 2 aromatic rings. The van der Waals surface area contributed by atoms with E-state index in [1.165, 1.54) is 0 Å². The third-order valence-corrected chi connectivity index (χ3v) is 2.57. The minimum absolute atomic E-state index is 0.669. The molecule has 2 heterocycles. The van der Waals surface area contributed by atoms with E-state index < -0.39 is 0 Å². The lowest BCUT2D eigenvalue weighted by Gasteiger charge is -2.00. The van der Waals surface area contributed by atoms with Crippen molar-refractivity contribution >= 4 is 11.6 Å². The van der Waals surface area contributed by atoms with Crippen LogP contribution in [0.2, 0.25) is 0 Å². The standard InChI is InChI=1S/C10H14ClN5/c11-3-1-2-10-8-16(14-13-10)7-6-15-5-4-12-9-15/h4-5,8-9H,1-3,6-7H2. The number of halogens is 1. The number of hydrogen-bond donors (Lipinski definition) is 0. The SMILES string of the molecule is ClCCCc1cn(CCn2ccnc2)nn1. The maximum Gasteiger partial charge on any atom is 0.0946 e. The highest BCUT2D eigenvalue weighted by Crippen LogP contribution is 1.99. The lowest BCUT2D eigenvalue weighted by atomic mass is 10.3. The van der Waals surface area contributed by atoms with Gasteiger partial charge in [-0.2, -0.15) is 0 Å². The van der Waals surface area contributed by atoms with Gasteiger partial charge in [-0.1, -0.05) is 5.21 Å². The molecule has 0 saturated heterocycles. The number of nitrogens with zero attached hydrogens (tertiary/aromatic N) is 5. The summed E-state index contributed by atoms with van der Waals surface area (Å²) in [6.45, 7) is 1.67. The van der Waals surface area contributed by atoms with E-state index in [1.54, 1.807) is 12.5 Å². The van der Waals surface area contributed by atoms with Gasteiger partial charge in [-0.05, 0) is 12.8 Å². The topological polar surface area (TPSA) is 48.5 Å². The Hall–Kier alpha value is -1.36. The molecular weight excluding hydrogens is 226 g/mol. The molecule has 0 spiro atoms. The second-order valence-electron chi connectivity index (χ2n) is 3.57. The Morgan fingerprint density at radius 3 is 3.00 bits per heavy atom. The summed E-state index contributed by atoms with van der Waals surface area (Å²) in [5, 5.41) is 8.14. The normalized spacial score (nSPS) is 10.8. The van der Waals surface area contributed by atoms with E-state index in [4.69, 9.17) is 11.6 Å². The number of aryl methyl sites for hydroxylation is 3. The Bertz CT molecular complexity index is 409. The van der Waals surface area contributed by atoms with Crippen LogP contribution in [-0.4, -0.2) is 30.4 Å². The van der Waals surface area contributed by atoms with E-state index in [0.29, 0.717) is 5.88 Å². The average molecular weight is 240 g/mol. The molecule has 0 amide bonds. The summed E-state index contributed by atoms with van der Waals surface area (Å²) in [6.07, 6.45) is 9.32.